The first-order chi connectivity index (χ1) is 14.5. The molecule has 0 amide bonds. The van der Waals surface area contributed by atoms with Crippen molar-refractivity contribution in [1.82, 2.24) is 19.7 Å². The molecule has 2 aliphatic rings. The summed E-state index contributed by atoms with van der Waals surface area (Å²) in [6.45, 7) is 3.79. The fraction of sp³-hybridized carbons (Fsp3) is 0.350. The van der Waals surface area contributed by atoms with Crippen molar-refractivity contribution in [2.75, 3.05) is 7.05 Å². The van der Waals surface area contributed by atoms with Crippen molar-refractivity contribution in [3.8, 4) is 22.9 Å². The number of benzene rings is 1. The van der Waals surface area contributed by atoms with E-state index in [1.54, 1.807) is 24.3 Å². The lowest BCUT2D eigenvalue weighted by molar-refractivity contribution is -0.0669. The van der Waals surface area contributed by atoms with Crippen molar-refractivity contribution < 1.29 is 23.4 Å². The molecule has 0 saturated heterocycles. The minimum atomic E-state index is -4.55. The third-order valence-electron chi connectivity index (χ3n) is 5.37. The molecule has 164 valence electrons. The molecule has 31 heavy (non-hydrogen) atoms. The number of hydrogen-bond donors (Lipinski definition) is 3. The highest BCUT2D eigenvalue weighted by atomic mass is 32.1. The summed E-state index contributed by atoms with van der Waals surface area (Å²) in [5.74, 6) is -0.969. The third-order valence-corrected chi connectivity index (χ3v) is 5.66. The zero-order valence-corrected chi connectivity index (χ0v) is 17.7. The van der Waals surface area contributed by atoms with Gasteiger partial charge < -0.3 is 15.1 Å². The van der Waals surface area contributed by atoms with Gasteiger partial charge in [-0.25, -0.2) is 0 Å². The molecule has 0 saturated carbocycles. The summed E-state index contributed by atoms with van der Waals surface area (Å²) in [5.41, 5.74) is 1.40. The van der Waals surface area contributed by atoms with Gasteiger partial charge in [-0.1, -0.05) is 19.9 Å². The number of aromatic nitrogens is 3. The van der Waals surface area contributed by atoms with Crippen molar-refractivity contribution in [3.63, 3.8) is 0 Å². The molecule has 7 nitrogen and oxygen atoms in total. The lowest BCUT2D eigenvalue weighted by atomic mass is 9.98. The Morgan fingerprint density at radius 2 is 1.84 bits per heavy atom. The maximum absolute atomic E-state index is 13.2. The molecule has 0 bridgehead atoms. The summed E-state index contributed by atoms with van der Waals surface area (Å²) >= 11 is 4.34. The molecular formula is C20H20F3N5O2S. The van der Waals surface area contributed by atoms with Gasteiger partial charge in [0, 0.05) is 18.8 Å². The highest BCUT2D eigenvalue weighted by Crippen LogP contribution is 2.39. The SMILES string of the molecule is CC(C)c1cc(-c2nnc(S)n2C2=CC3N=C(C(F)(F)F)N(C)C3C=C2)c(O)cc1O. The second-order valence-corrected chi connectivity index (χ2v) is 8.14. The lowest BCUT2D eigenvalue weighted by Gasteiger charge is -2.26. The topological polar surface area (TPSA) is 86.8 Å². The van der Waals surface area contributed by atoms with Gasteiger partial charge >= 0.3 is 6.18 Å². The molecule has 2 N–H and O–H groups in total. The van der Waals surface area contributed by atoms with E-state index in [1.165, 1.54) is 17.7 Å². The zero-order valence-electron chi connectivity index (χ0n) is 16.8. The van der Waals surface area contributed by atoms with Gasteiger partial charge in [-0.3, -0.25) is 9.56 Å². The van der Waals surface area contributed by atoms with E-state index in [-0.39, 0.29) is 28.4 Å². The molecule has 1 aromatic heterocycles. The molecule has 2 heterocycles. The average molecular weight is 451 g/mol. The molecule has 2 atom stereocenters. The Bertz CT molecular complexity index is 1140. The Morgan fingerprint density at radius 1 is 1.13 bits per heavy atom. The molecule has 11 heteroatoms. The minimum absolute atomic E-state index is 0.0232. The monoisotopic (exact) mass is 451 g/mol. The van der Waals surface area contributed by atoms with Gasteiger partial charge in [-0.05, 0) is 29.7 Å². The van der Waals surface area contributed by atoms with Crippen LogP contribution >= 0.6 is 12.6 Å². The van der Waals surface area contributed by atoms with Crippen LogP contribution < -0.4 is 0 Å². The molecule has 1 aromatic carbocycles. The molecular weight excluding hydrogens is 431 g/mol. The highest BCUT2D eigenvalue weighted by molar-refractivity contribution is 7.80. The molecule has 1 aliphatic heterocycles. The van der Waals surface area contributed by atoms with Crippen LogP contribution in [0.1, 0.15) is 25.3 Å². The van der Waals surface area contributed by atoms with E-state index in [4.69, 9.17) is 0 Å². The maximum atomic E-state index is 13.2. The number of fused-ring (bicyclic) bond motifs is 1. The number of halogens is 3. The summed E-state index contributed by atoms with van der Waals surface area (Å²) in [7, 11) is 1.36. The van der Waals surface area contributed by atoms with E-state index in [2.05, 4.69) is 27.8 Å². The Kier molecular flexibility index (Phi) is 5.03. The number of thiol groups is 1. The summed E-state index contributed by atoms with van der Waals surface area (Å²) in [5, 5.41) is 28.8. The number of nitrogens with zero attached hydrogens (tertiary/aromatic N) is 5. The van der Waals surface area contributed by atoms with Gasteiger partial charge in [0.2, 0.25) is 5.84 Å². The molecule has 4 rings (SSSR count). The van der Waals surface area contributed by atoms with Gasteiger partial charge in [-0.15, -0.1) is 22.8 Å². The Hall–Kier alpha value is -2.95. The van der Waals surface area contributed by atoms with Crippen LogP contribution in [0.15, 0.2) is 40.5 Å². The fourth-order valence-corrected chi connectivity index (χ4v) is 4.09. The summed E-state index contributed by atoms with van der Waals surface area (Å²) in [4.78, 5) is 4.95. The van der Waals surface area contributed by atoms with Crippen LogP contribution in [0.4, 0.5) is 13.2 Å². The standard InChI is InChI=1S/C20H20F3N5O2S/c1-9(2)11-7-12(16(30)8-15(11)29)17-25-26-19(31)28(17)10-4-5-14-13(6-10)24-18(27(14)3)20(21,22)23/h4-9,13-14,29-30H,1-3H3,(H,26,31). The number of rotatable bonds is 3. The van der Waals surface area contributed by atoms with Gasteiger partial charge in [0.25, 0.3) is 0 Å². The lowest BCUT2D eigenvalue weighted by Crippen LogP contribution is -2.41. The van der Waals surface area contributed by atoms with Crippen LogP contribution in [0.3, 0.4) is 0 Å². The van der Waals surface area contributed by atoms with Crippen molar-refractivity contribution in [1.29, 1.82) is 0 Å². The molecule has 2 aromatic rings. The van der Waals surface area contributed by atoms with Crippen LogP contribution in [-0.4, -0.2) is 61.0 Å². The molecule has 0 spiro atoms. The first-order valence-corrected chi connectivity index (χ1v) is 9.92. The van der Waals surface area contributed by atoms with E-state index >= 15 is 0 Å². The van der Waals surface area contributed by atoms with E-state index in [0.717, 1.165) is 4.90 Å². The van der Waals surface area contributed by atoms with E-state index in [9.17, 15) is 23.4 Å². The van der Waals surface area contributed by atoms with E-state index < -0.39 is 24.1 Å². The zero-order chi connectivity index (χ0) is 22.7. The first kappa shape index (κ1) is 21.3. The summed E-state index contributed by atoms with van der Waals surface area (Å²) in [6.07, 6.45) is 0.331. The van der Waals surface area contributed by atoms with Gasteiger partial charge in [0.1, 0.15) is 11.5 Å². The normalized spacial score (nSPS) is 20.8. The van der Waals surface area contributed by atoms with Gasteiger partial charge in [0.05, 0.1) is 17.6 Å². The van der Waals surface area contributed by atoms with Crippen LogP contribution in [0.25, 0.3) is 17.1 Å². The first-order valence-electron chi connectivity index (χ1n) is 9.48. The number of alkyl halides is 3. The number of phenols is 2. The quantitative estimate of drug-likeness (QED) is 0.618. The van der Waals surface area contributed by atoms with Crippen molar-refractivity contribution in [2.24, 2.45) is 4.99 Å². The van der Waals surface area contributed by atoms with E-state index in [0.29, 0.717) is 16.8 Å². The number of aliphatic imine (C=N–C) groups is 1. The number of aromatic hydroxyl groups is 2. The Labute approximate surface area is 181 Å². The molecule has 0 radical (unpaired) electrons. The van der Waals surface area contributed by atoms with Crippen LogP contribution in [0, 0.1) is 0 Å². The third kappa shape index (κ3) is 3.56. The predicted molar refractivity (Wildman–Crippen MR) is 112 cm³/mol. The van der Waals surface area contributed by atoms with Crippen LogP contribution in [-0.2, 0) is 0 Å². The predicted octanol–water partition coefficient (Wildman–Crippen LogP) is 3.82. The molecule has 0 fully saturated rings. The maximum Gasteiger partial charge on any atom is 0.449 e. The van der Waals surface area contributed by atoms with Crippen molar-refractivity contribution in [3.05, 3.63) is 35.9 Å². The minimum Gasteiger partial charge on any atom is -0.508 e. The smallest absolute Gasteiger partial charge is 0.449 e. The van der Waals surface area contributed by atoms with Crippen LogP contribution in [0.5, 0.6) is 11.5 Å². The second-order valence-electron chi connectivity index (χ2n) is 7.74. The average Bonchev–Trinajstić information content (AvgIpc) is 3.21. The highest BCUT2D eigenvalue weighted by Gasteiger charge is 2.46. The van der Waals surface area contributed by atoms with Gasteiger partial charge in [-0.2, -0.15) is 13.2 Å². The van der Waals surface area contributed by atoms with Gasteiger partial charge in [0.15, 0.2) is 11.0 Å². The van der Waals surface area contributed by atoms with E-state index in [1.807, 2.05) is 13.8 Å². The number of allylic oxidation sites excluding steroid dienone is 2. The Morgan fingerprint density at radius 3 is 2.48 bits per heavy atom. The number of phenolic OH excluding ortho intramolecular Hbond substituents is 2. The van der Waals surface area contributed by atoms with Crippen LogP contribution in [0.2, 0.25) is 0 Å². The molecule has 1 aliphatic carbocycles. The fourth-order valence-electron chi connectivity index (χ4n) is 3.83. The van der Waals surface area contributed by atoms with Crippen molar-refractivity contribution in [2.45, 2.75) is 43.2 Å². The van der Waals surface area contributed by atoms with Crippen molar-refractivity contribution >= 4 is 24.2 Å². The summed E-state index contributed by atoms with van der Waals surface area (Å²) in [6, 6.07) is 1.54. The number of likely N-dealkylation sites (N-methyl/N-ethyl adjacent to an activating group) is 1. The Balaban J connectivity index is 1.80. The molecule has 2 unspecified atom stereocenters. The summed E-state index contributed by atoms with van der Waals surface area (Å²) < 4.78 is 41.3. The largest absolute Gasteiger partial charge is 0.508 e. The number of hydrogen-bond acceptors (Lipinski definition) is 7. The number of amidine groups is 1. The second kappa shape index (κ2) is 7.33.